The molecule has 2 N–H and O–H groups in total. The fraction of sp³-hybridized carbons (Fsp3) is 0.696. The van der Waals surface area contributed by atoms with Gasteiger partial charge in [0.15, 0.2) is 0 Å². The van der Waals surface area contributed by atoms with Crippen molar-refractivity contribution < 1.29 is 15.0 Å². The van der Waals surface area contributed by atoms with Crippen LogP contribution in [0.25, 0.3) is 0 Å². The van der Waals surface area contributed by atoms with Crippen LogP contribution >= 0.6 is 0 Å². The van der Waals surface area contributed by atoms with Crippen molar-refractivity contribution in [2.24, 2.45) is 23.2 Å². The van der Waals surface area contributed by atoms with Gasteiger partial charge in [0.1, 0.15) is 5.78 Å². The molecular formula is C23H36O3. The Hall–Kier alpha value is -1.19. The summed E-state index contributed by atoms with van der Waals surface area (Å²) < 4.78 is 0. The molecule has 1 saturated carbocycles. The van der Waals surface area contributed by atoms with Crippen LogP contribution in [0.1, 0.15) is 66.2 Å². The van der Waals surface area contributed by atoms with Crippen LogP contribution in [0.2, 0.25) is 0 Å². The molecule has 0 aromatic carbocycles. The number of aliphatic hydroxyl groups excluding tert-OH is 2. The van der Waals surface area contributed by atoms with Crippen LogP contribution in [-0.4, -0.2) is 28.7 Å². The summed E-state index contributed by atoms with van der Waals surface area (Å²) in [5, 5.41) is 19.8. The van der Waals surface area contributed by atoms with Gasteiger partial charge in [-0.1, -0.05) is 43.7 Å². The second-order valence-corrected chi connectivity index (χ2v) is 8.72. The Morgan fingerprint density at radius 3 is 2.77 bits per heavy atom. The molecule has 0 unspecified atom stereocenters. The normalized spacial score (nSPS) is 36.8. The lowest BCUT2D eigenvalue weighted by molar-refractivity contribution is -0.118. The summed E-state index contributed by atoms with van der Waals surface area (Å²) in [5.41, 5.74) is 2.55. The molecule has 0 aliphatic heterocycles. The highest BCUT2D eigenvalue weighted by Crippen LogP contribution is 2.54. The molecule has 1 fully saturated rings. The quantitative estimate of drug-likeness (QED) is 0.728. The zero-order chi connectivity index (χ0) is 19.3. The average molecular weight is 361 g/mol. The van der Waals surface area contributed by atoms with Crippen molar-refractivity contribution in [1.29, 1.82) is 0 Å². The van der Waals surface area contributed by atoms with E-state index in [0.717, 1.165) is 18.4 Å². The Labute approximate surface area is 158 Å². The summed E-state index contributed by atoms with van der Waals surface area (Å²) in [7, 11) is 0. The van der Waals surface area contributed by atoms with E-state index in [1.54, 1.807) is 0 Å². The molecule has 0 amide bonds. The minimum absolute atomic E-state index is 0.0286. The van der Waals surface area contributed by atoms with E-state index in [2.05, 4.69) is 45.1 Å². The highest BCUT2D eigenvalue weighted by Gasteiger charge is 2.46. The first kappa shape index (κ1) is 21.1. The minimum atomic E-state index is -0.607. The highest BCUT2D eigenvalue weighted by atomic mass is 16.3. The van der Waals surface area contributed by atoms with E-state index in [-0.39, 0.29) is 24.2 Å². The van der Waals surface area contributed by atoms with Crippen molar-refractivity contribution in [3.63, 3.8) is 0 Å². The van der Waals surface area contributed by atoms with Crippen molar-refractivity contribution in [1.82, 2.24) is 0 Å². The first-order chi connectivity index (χ1) is 12.3. The molecule has 2 aliphatic rings. The van der Waals surface area contributed by atoms with Gasteiger partial charge < -0.3 is 10.2 Å². The van der Waals surface area contributed by atoms with Gasteiger partial charge in [-0.3, -0.25) is 4.79 Å². The van der Waals surface area contributed by atoms with Gasteiger partial charge in [0, 0.05) is 13.0 Å². The van der Waals surface area contributed by atoms with Gasteiger partial charge in [-0.05, 0) is 74.7 Å². The van der Waals surface area contributed by atoms with Gasteiger partial charge in [0.2, 0.25) is 0 Å². The number of carbonyl (C=O) groups is 1. The topological polar surface area (TPSA) is 57.5 Å². The molecule has 0 aromatic rings. The van der Waals surface area contributed by atoms with E-state index in [1.807, 2.05) is 0 Å². The van der Waals surface area contributed by atoms with Crippen LogP contribution in [-0.2, 0) is 4.79 Å². The fourth-order valence-corrected chi connectivity index (χ4v) is 5.10. The molecule has 0 bridgehead atoms. The summed E-state index contributed by atoms with van der Waals surface area (Å²) in [6.07, 6.45) is 13.5. The zero-order valence-corrected chi connectivity index (χ0v) is 16.9. The predicted octanol–water partition coefficient (Wildman–Crippen LogP) is 4.60. The Balaban J connectivity index is 2.21. The molecule has 0 radical (unpaired) electrons. The zero-order valence-electron chi connectivity index (χ0n) is 16.9. The number of fused-ring (bicyclic) bond motifs is 1. The van der Waals surface area contributed by atoms with E-state index in [0.29, 0.717) is 24.2 Å². The van der Waals surface area contributed by atoms with Gasteiger partial charge >= 0.3 is 0 Å². The maximum absolute atomic E-state index is 11.2. The van der Waals surface area contributed by atoms with Gasteiger partial charge in [0.25, 0.3) is 0 Å². The van der Waals surface area contributed by atoms with Crippen molar-refractivity contribution in [3.05, 3.63) is 35.5 Å². The monoisotopic (exact) mass is 360 g/mol. The Morgan fingerprint density at radius 2 is 2.12 bits per heavy atom. The average Bonchev–Trinajstić information content (AvgIpc) is 2.89. The summed E-state index contributed by atoms with van der Waals surface area (Å²) in [4.78, 5) is 11.2. The van der Waals surface area contributed by atoms with Crippen molar-refractivity contribution in [2.75, 3.05) is 6.61 Å². The summed E-state index contributed by atoms with van der Waals surface area (Å²) in [6.45, 7) is 8.47. The second-order valence-electron chi connectivity index (χ2n) is 8.72. The molecule has 0 spiro atoms. The largest absolute Gasteiger partial charge is 0.396 e. The number of hydrogen-bond acceptors (Lipinski definition) is 3. The number of carbonyl (C=O) groups excluding carboxylic acids is 1. The van der Waals surface area contributed by atoms with E-state index in [9.17, 15) is 15.0 Å². The van der Waals surface area contributed by atoms with Crippen molar-refractivity contribution in [3.8, 4) is 0 Å². The molecule has 3 nitrogen and oxygen atoms in total. The first-order valence-electron chi connectivity index (χ1n) is 10.1. The lowest BCUT2D eigenvalue weighted by Gasteiger charge is -2.39. The molecule has 0 aromatic heterocycles. The number of Topliss-reactive ketones (excluding diaryl/α,β-unsaturated/α-hetero) is 1. The van der Waals surface area contributed by atoms with Crippen LogP contribution in [0.15, 0.2) is 35.5 Å². The fourth-order valence-electron chi connectivity index (χ4n) is 5.10. The van der Waals surface area contributed by atoms with E-state index >= 15 is 0 Å². The third-order valence-electron chi connectivity index (χ3n) is 6.72. The van der Waals surface area contributed by atoms with E-state index in [4.69, 9.17) is 0 Å². The van der Waals surface area contributed by atoms with Gasteiger partial charge in [-0.2, -0.15) is 0 Å². The first-order valence-corrected chi connectivity index (χ1v) is 10.1. The Morgan fingerprint density at radius 1 is 1.38 bits per heavy atom. The van der Waals surface area contributed by atoms with Crippen molar-refractivity contribution in [2.45, 2.75) is 72.3 Å². The number of rotatable bonds is 6. The van der Waals surface area contributed by atoms with Crippen molar-refractivity contribution >= 4 is 5.78 Å². The number of ketones is 1. The molecule has 0 heterocycles. The molecule has 2 rings (SSSR count). The lowest BCUT2D eigenvalue weighted by Crippen LogP contribution is -2.33. The number of hydrogen-bond donors (Lipinski definition) is 2. The third-order valence-corrected chi connectivity index (χ3v) is 6.72. The van der Waals surface area contributed by atoms with Gasteiger partial charge in [-0.25, -0.2) is 0 Å². The second kappa shape index (κ2) is 9.14. The number of aliphatic hydroxyl groups is 2. The molecule has 146 valence electrons. The number of allylic oxidation sites excluding steroid dienone is 5. The third kappa shape index (κ3) is 4.95. The molecule has 2 aliphatic carbocycles. The summed E-state index contributed by atoms with van der Waals surface area (Å²) >= 11 is 0. The van der Waals surface area contributed by atoms with Crippen LogP contribution in [0, 0.1) is 23.2 Å². The lowest BCUT2D eigenvalue weighted by atomic mass is 9.66. The molecular weight excluding hydrogens is 324 g/mol. The maximum atomic E-state index is 11.2. The maximum Gasteiger partial charge on any atom is 0.132 e. The predicted molar refractivity (Wildman–Crippen MR) is 107 cm³/mol. The van der Waals surface area contributed by atoms with E-state index in [1.165, 1.54) is 25.3 Å². The van der Waals surface area contributed by atoms with Crippen LogP contribution in [0.5, 0.6) is 0 Å². The Kier molecular flexibility index (Phi) is 7.42. The summed E-state index contributed by atoms with van der Waals surface area (Å²) in [6, 6.07) is 0. The minimum Gasteiger partial charge on any atom is -0.396 e. The molecule has 0 saturated heterocycles. The molecule has 3 heteroatoms. The van der Waals surface area contributed by atoms with E-state index < -0.39 is 6.10 Å². The SMILES string of the molecule is CC(=O)C[C@H](O)CC1=C/C=C/[C@@H]2CC[C@H]([C@H](C)CO)[C@@]2(C)CC/C=C\1C. The highest BCUT2D eigenvalue weighted by molar-refractivity contribution is 5.76. The van der Waals surface area contributed by atoms with Crippen LogP contribution in [0.3, 0.4) is 0 Å². The molecule has 26 heavy (non-hydrogen) atoms. The smallest absolute Gasteiger partial charge is 0.132 e. The summed E-state index contributed by atoms with van der Waals surface area (Å²) in [5.74, 6) is 1.48. The van der Waals surface area contributed by atoms with Gasteiger partial charge in [0.05, 0.1) is 6.10 Å². The standard InChI is InChI=1S/C23H36O3/c1-16-7-6-12-23(4)20(10-11-22(23)17(2)15-24)9-5-8-19(16)14-21(26)13-18(3)25/h5,7-9,17,20-22,24,26H,6,10-15H2,1-4H3/b9-5+,16-7-,19-8-/t17-,20-,21+,22-,23+/m1/s1. The van der Waals surface area contributed by atoms with Gasteiger partial charge in [-0.15, -0.1) is 0 Å². The van der Waals surface area contributed by atoms with Crippen LogP contribution in [0.4, 0.5) is 0 Å². The van der Waals surface area contributed by atoms with Crippen LogP contribution < -0.4 is 0 Å². The molecule has 5 atom stereocenters. The Bertz CT molecular complexity index is 586.